The molecule has 1 N–H and O–H groups in total. The van der Waals surface area contributed by atoms with Gasteiger partial charge in [-0.1, -0.05) is 24.3 Å². The lowest BCUT2D eigenvalue weighted by molar-refractivity contribution is 1.16. The van der Waals surface area contributed by atoms with E-state index in [4.69, 9.17) is 11.6 Å². The Morgan fingerprint density at radius 1 is 1.00 bits per heavy atom. The molecule has 2 aromatic carbocycles. The lowest BCUT2D eigenvalue weighted by Gasteiger charge is -2.09. The summed E-state index contributed by atoms with van der Waals surface area (Å²) in [6.07, 6.45) is 0. The van der Waals surface area contributed by atoms with Gasteiger partial charge in [0.1, 0.15) is 0 Å². The lowest BCUT2D eigenvalue weighted by atomic mass is 10.0. The Hall–Kier alpha value is -1.77. The van der Waals surface area contributed by atoms with Gasteiger partial charge in [-0.15, -0.1) is 22.9 Å². The van der Waals surface area contributed by atoms with Crippen molar-refractivity contribution in [3.63, 3.8) is 0 Å². The third-order valence-electron chi connectivity index (χ3n) is 3.95. The van der Waals surface area contributed by atoms with E-state index >= 15 is 0 Å². The molecule has 2 aromatic heterocycles. The Morgan fingerprint density at radius 3 is 2.62 bits per heavy atom. The van der Waals surface area contributed by atoms with Crippen molar-refractivity contribution in [3.8, 4) is 0 Å². The second kappa shape index (κ2) is 4.90. The van der Waals surface area contributed by atoms with Crippen molar-refractivity contribution >= 4 is 44.7 Å². The van der Waals surface area contributed by atoms with Crippen LogP contribution in [0.3, 0.4) is 0 Å². The Kier molecular flexibility index (Phi) is 3.02. The minimum atomic E-state index is -0.0805. The maximum absolute atomic E-state index is 6.70. The van der Waals surface area contributed by atoms with E-state index in [0.29, 0.717) is 0 Å². The summed E-state index contributed by atoms with van der Waals surface area (Å²) in [6.45, 7) is 2.12. The molecule has 0 radical (unpaired) electrons. The van der Waals surface area contributed by atoms with Crippen LogP contribution in [0.2, 0.25) is 0 Å². The highest BCUT2D eigenvalue weighted by Gasteiger charge is 2.15. The summed E-state index contributed by atoms with van der Waals surface area (Å²) in [6, 6.07) is 17.0. The first-order valence-electron chi connectivity index (χ1n) is 6.92. The molecule has 1 nitrogen and oxygen atoms in total. The number of thiophene rings is 1. The summed E-state index contributed by atoms with van der Waals surface area (Å²) in [7, 11) is 0. The Labute approximate surface area is 132 Å². The van der Waals surface area contributed by atoms with Crippen LogP contribution in [-0.2, 0) is 0 Å². The highest BCUT2D eigenvalue weighted by molar-refractivity contribution is 7.10. The standard InChI is InChI=1S/C18H14ClNS/c1-11-8-9-21-18(11)17(19)12-6-7-16-14(10-12)13-4-2-3-5-15(13)20-16/h2-10,17,20H,1H3. The number of aryl methyl sites for hydroxylation is 1. The van der Waals surface area contributed by atoms with E-state index < -0.39 is 0 Å². The van der Waals surface area contributed by atoms with Crippen molar-refractivity contribution in [1.82, 2.24) is 4.98 Å². The summed E-state index contributed by atoms with van der Waals surface area (Å²) in [5.41, 5.74) is 4.74. The molecule has 0 fully saturated rings. The van der Waals surface area contributed by atoms with E-state index in [-0.39, 0.29) is 5.38 Å². The molecule has 0 amide bonds. The molecule has 4 rings (SSSR count). The van der Waals surface area contributed by atoms with E-state index in [0.717, 1.165) is 11.1 Å². The van der Waals surface area contributed by atoms with Crippen LogP contribution in [0.15, 0.2) is 53.9 Å². The van der Waals surface area contributed by atoms with Gasteiger partial charge < -0.3 is 4.98 Å². The molecular formula is C18H14ClNS. The fourth-order valence-electron chi connectivity index (χ4n) is 2.82. The van der Waals surface area contributed by atoms with Crippen LogP contribution in [0.1, 0.15) is 21.4 Å². The van der Waals surface area contributed by atoms with Gasteiger partial charge in [-0.2, -0.15) is 0 Å². The number of H-pyrrole nitrogens is 1. The van der Waals surface area contributed by atoms with E-state index in [1.807, 2.05) is 0 Å². The van der Waals surface area contributed by atoms with Gasteiger partial charge in [0.2, 0.25) is 0 Å². The first kappa shape index (κ1) is 12.9. The molecule has 1 unspecified atom stereocenters. The minimum absolute atomic E-state index is 0.0805. The van der Waals surface area contributed by atoms with Crippen LogP contribution in [0.4, 0.5) is 0 Å². The van der Waals surface area contributed by atoms with Gasteiger partial charge in [0.25, 0.3) is 0 Å². The minimum Gasteiger partial charge on any atom is -0.355 e. The molecule has 0 saturated carbocycles. The summed E-state index contributed by atoms with van der Waals surface area (Å²) < 4.78 is 0. The van der Waals surface area contributed by atoms with Crippen molar-refractivity contribution in [1.29, 1.82) is 0 Å². The molecular weight excluding hydrogens is 298 g/mol. The molecule has 2 heterocycles. The Bertz CT molecular complexity index is 935. The molecule has 0 bridgehead atoms. The lowest BCUT2D eigenvalue weighted by Crippen LogP contribution is -1.92. The number of alkyl halides is 1. The fourth-order valence-corrected chi connectivity index (χ4v) is 4.21. The second-order valence-corrected chi connectivity index (χ2v) is 6.69. The average molecular weight is 312 g/mol. The number of nitrogens with one attached hydrogen (secondary N) is 1. The highest BCUT2D eigenvalue weighted by atomic mass is 35.5. The zero-order valence-corrected chi connectivity index (χ0v) is 13.1. The molecule has 0 aliphatic rings. The molecule has 104 valence electrons. The third kappa shape index (κ3) is 2.06. The summed E-state index contributed by atoms with van der Waals surface area (Å²) >= 11 is 8.42. The second-order valence-electron chi connectivity index (χ2n) is 5.31. The Morgan fingerprint density at radius 2 is 1.81 bits per heavy atom. The van der Waals surface area contributed by atoms with Gasteiger partial charge >= 0.3 is 0 Å². The zero-order chi connectivity index (χ0) is 14.4. The summed E-state index contributed by atoms with van der Waals surface area (Å²) in [4.78, 5) is 4.68. The van der Waals surface area contributed by atoms with Gasteiger partial charge in [0.05, 0.1) is 5.38 Å². The van der Waals surface area contributed by atoms with Crippen molar-refractivity contribution < 1.29 is 0 Å². The van der Waals surface area contributed by atoms with E-state index in [9.17, 15) is 0 Å². The number of aromatic amines is 1. The average Bonchev–Trinajstić information content (AvgIpc) is 3.09. The third-order valence-corrected chi connectivity index (χ3v) is 5.64. The van der Waals surface area contributed by atoms with Crippen LogP contribution in [0.5, 0.6) is 0 Å². The van der Waals surface area contributed by atoms with Crippen molar-refractivity contribution in [3.05, 3.63) is 69.9 Å². The largest absolute Gasteiger partial charge is 0.355 e. The van der Waals surface area contributed by atoms with Crippen LogP contribution >= 0.6 is 22.9 Å². The van der Waals surface area contributed by atoms with Crippen LogP contribution < -0.4 is 0 Å². The number of hydrogen-bond donors (Lipinski definition) is 1. The predicted octanol–water partition coefficient (Wildman–Crippen LogP) is 6.02. The number of para-hydroxylation sites is 1. The van der Waals surface area contributed by atoms with Gasteiger partial charge in [0.15, 0.2) is 0 Å². The fraction of sp³-hybridized carbons (Fsp3) is 0.111. The molecule has 1 atom stereocenters. The maximum atomic E-state index is 6.70. The van der Waals surface area contributed by atoms with Crippen LogP contribution in [0.25, 0.3) is 21.8 Å². The van der Waals surface area contributed by atoms with Crippen LogP contribution in [-0.4, -0.2) is 4.98 Å². The number of hydrogen-bond acceptors (Lipinski definition) is 1. The van der Waals surface area contributed by atoms with Gasteiger partial charge in [0, 0.05) is 26.7 Å². The highest BCUT2D eigenvalue weighted by Crippen LogP contribution is 2.37. The topological polar surface area (TPSA) is 15.8 Å². The SMILES string of the molecule is Cc1ccsc1C(Cl)c1ccc2[nH]c3ccccc3c2c1. The van der Waals surface area contributed by atoms with Crippen molar-refractivity contribution in [2.75, 3.05) is 0 Å². The zero-order valence-electron chi connectivity index (χ0n) is 11.6. The van der Waals surface area contributed by atoms with Crippen molar-refractivity contribution in [2.45, 2.75) is 12.3 Å². The monoisotopic (exact) mass is 311 g/mol. The quantitative estimate of drug-likeness (QED) is 0.436. The van der Waals surface area contributed by atoms with Gasteiger partial charge in [-0.3, -0.25) is 0 Å². The number of fused-ring (bicyclic) bond motifs is 3. The van der Waals surface area contributed by atoms with E-state index in [1.54, 1.807) is 11.3 Å². The summed E-state index contributed by atoms with van der Waals surface area (Å²) in [5, 5.41) is 4.51. The normalized spacial score (nSPS) is 13.0. The van der Waals surface area contributed by atoms with Gasteiger partial charge in [-0.25, -0.2) is 0 Å². The Balaban J connectivity index is 1.90. The molecule has 0 aliphatic carbocycles. The smallest absolute Gasteiger partial charge is 0.0930 e. The molecule has 0 saturated heterocycles. The molecule has 21 heavy (non-hydrogen) atoms. The van der Waals surface area contributed by atoms with Crippen LogP contribution in [0, 0.1) is 6.92 Å². The number of rotatable bonds is 2. The number of benzene rings is 2. The number of halogens is 1. The summed E-state index contributed by atoms with van der Waals surface area (Å²) in [5.74, 6) is 0. The first-order valence-corrected chi connectivity index (χ1v) is 8.24. The van der Waals surface area contributed by atoms with E-state index in [1.165, 1.54) is 26.7 Å². The maximum Gasteiger partial charge on any atom is 0.0930 e. The molecule has 0 aliphatic heterocycles. The molecule has 4 aromatic rings. The molecule has 0 spiro atoms. The first-order chi connectivity index (χ1) is 10.2. The molecule has 3 heteroatoms. The number of aromatic nitrogens is 1. The van der Waals surface area contributed by atoms with E-state index in [2.05, 4.69) is 65.8 Å². The van der Waals surface area contributed by atoms with Gasteiger partial charge in [-0.05, 0) is 47.7 Å². The predicted molar refractivity (Wildman–Crippen MR) is 92.6 cm³/mol. The van der Waals surface area contributed by atoms with Crippen molar-refractivity contribution in [2.24, 2.45) is 0 Å².